The molecule has 0 unspecified atom stereocenters. The highest BCUT2D eigenvalue weighted by molar-refractivity contribution is 7.08. The van der Waals surface area contributed by atoms with E-state index in [4.69, 9.17) is 0 Å². The standard InChI is InChI=1S/C18H21FN2OS/c19-17-3-1-2-15(10-17)12-20-5-7-21(8-6-20)13-18(22)11-16-4-9-23-14-16/h1-4,9-10,14H,5-8,11-13H2. The lowest BCUT2D eigenvalue weighted by Crippen LogP contribution is -2.47. The molecule has 5 heteroatoms. The molecule has 0 amide bonds. The summed E-state index contributed by atoms with van der Waals surface area (Å²) >= 11 is 1.63. The van der Waals surface area contributed by atoms with Crippen molar-refractivity contribution in [1.29, 1.82) is 0 Å². The topological polar surface area (TPSA) is 23.6 Å². The van der Waals surface area contributed by atoms with Crippen LogP contribution in [0.25, 0.3) is 0 Å². The summed E-state index contributed by atoms with van der Waals surface area (Å²) in [5, 5.41) is 4.04. The Morgan fingerprint density at radius 3 is 2.57 bits per heavy atom. The van der Waals surface area contributed by atoms with E-state index in [0.29, 0.717) is 13.0 Å². The Labute approximate surface area is 140 Å². The molecule has 1 aromatic heterocycles. The number of hydrogen-bond acceptors (Lipinski definition) is 4. The van der Waals surface area contributed by atoms with Crippen molar-refractivity contribution in [2.45, 2.75) is 13.0 Å². The second kappa shape index (κ2) is 7.81. The Morgan fingerprint density at radius 1 is 1.09 bits per heavy atom. The van der Waals surface area contributed by atoms with Crippen LogP contribution in [0.3, 0.4) is 0 Å². The zero-order valence-electron chi connectivity index (χ0n) is 13.1. The van der Waals surface area contributed by atoms with Gasteiger partial charge in [0, 0.05) is 39.1 Å². The largest absolute Gasteiger partial charge is 0.298 e. The molecular formula is C18H21FN2OS. The molecule has 0 aliphatic carbocycles. The Bertz CT molecular complexity index is 636. The first-order chi connectivity index (χ1) is 11.2. The summed E-state index contributed by atoms with van der Waals surface area (Å²) in [7, 11) is 0. The maximum absolute atomic E-state index is 13.2. The molecule has 122 valence electrons. The summed E-state index contributed by atoms with van der Waals surface area (Å²) in [6.07, 6.45) is 0.535. The normalized spacial score (nSPS) is 16.6. The highest BCUT2D eigenvalue weighted by Crippen LogP contribution is 2.11. The van der Waals surface area contributed by atoms with Crippen LogP contribution in [0.4, 0.5) is 4.39 Å². The van der Waals surface area contributed by atoms with Crippen molar-refractivity contribution in [3.05, 3.63) is 58.0 Å². The first-order valence-electron chi connectivity index (χ1n) is 7.91. The molecule has 3 nitrogen and oxygen atoms in total. The number of carbonyl (C=O) groups is 1. The lowest BCUT2D eigenvalue weighted by atomic mass is 10.1. The van der Waals surface area contributed by atoms with Gasteiger partial charge in [-0.15, -0.1) is 0 Å². The van der Waals surface area contributed by atoms with Crippen molar-refractivity contribution in [2.24, 2.45) is 0 Å². The maximum Gasteiger partial charge on any atom is 0.151 e. The van der Waals surface area contributed by atoms with E-state index < -0.39 is 0 Å². The summed E-state index contributed by atoms with van der Waals surface area (Å²) in [4.78, 5) is 16.6. The van der Waals surface area contributed by atoms with Crippen molar-refractivity contribution in [3.63, 3.8) is 0 Å². The van der Waals surface area contributed by atoms with E-state index in [0.717, 1.165) is 43.9 Å². The van der Waals surface area contributed by atoms with Crippen LogP contribution in [0.15, 0.2) is 41.1 Å². The summed E-state index contributed by atoms with van der Waals surface area (Å²) in [5.74, 6) is 0.0992. The Hall–Kier alpha value is -1.56. The number of hydrogen-bond donors (Lipinski definition) is 0. The Morgan fingerprint density at radius 2 is 1.87 bits per heavy atom. The predicted octanol–water partition coefficient (Wildman–Crippen LogP) is 2.82. The molecule has 1 saturated heterocycles. The summed E-state index contributed by atoms with van der Waals surface area (Å²) in [6.45, 7) is 4.93. The molecule has 0 radical (unpaired) electrons. The minimum Gasteiger partial charge on any atom is -0.298 e. The van der Waals surface area contributed by atoms with Crippen LogP contribution in [0.1, 0.15) is 11.1 Å². The average molecular weight is 332 g/mol. The van der Waals surface area contributed by atoms with Gasteiger partial charge in [0.15, 0.2) is 5.78 Å². The minimum absolute atomic E-state index is 0.180. The number of nitrogens with zero attached hydrogens (tertiary/aromatic N) is 2. The van der Waals surface area contributed by atoms with Gasteiger partial charge in [-0.2, -0.15) is 11.3 Å². The van der Waals surface area contributed by atoms with Crippen LogP contribution >= 0.6 is 11.3 Å². The summed E-state index contributed by atoms with van der Waals surface area (Å²) in [5.41, 5.74) is 2.12. The van der Waals surface area contributed by atoms with Gasteiger partial charge in [-0.05, 0) is 40.1 Å². The second-order valence-electron chi connectivity index (χ2n) is 6.03. The van der Waals surface area contributed by atoms with E-state index in [1.165, 1.54) is 6.07 Å². The van der Waals surface area contributed by atoms with Gasteiger partial charge in [0.05, 0.1) is 6.54 Å². The SMILES string of the molecule is O=C(Cc1ccsc1)CN1CCN(Cc2cccc(F)c2)CC1. The van der Waals surface area contributed by atoms with Crippen molar-refractivity contribution in [3.8, 4) is 0 Å². The maximum atomic E-state index is 13.2. The molecule has 2 heterocycles. The van der Waals surface area contributed by atoms with E-state index in [1.807, 2.05) is 22.9 Å². The Kier molecular flexibility index (Phi) is 5.54. The predicted molar refractivity (Wildman–Crippen MR) is 91.1 cm³/mol. The third-order valence-corrected chi connectivity index (χ3v) is 4.87. The minimum atomic E-state index is -0.180. The van der Waals surface area contributed by atoms with E-state index in [9.17, 15) is 9.18 Å². The fourth-order valence-corrected chi connectivity index (χ4v) is 3.59. The van der Waals surface area contributed by atoms with Crippen molar-refractivity contribution >= 4 is 17.1 Å². The van der Waals surface area contributed by atoms with Crippen molar-refractivity contribution < 1.29 is 9.18 Å². The highest BCUT2D eigenvalue weighted by atomic mass is 32.1. The third-order valence-electron chi connectivity index (χ3n) is 4.14. The van der Waals surface area contributed by atoms with Crippen LogP contribution in [0.2, 0.25) is 0 Å². The molecule has 0 bridgehead atoms. The second-order valence-corrected chi connectivity index (χ2v) is 6.81. The quantitative estimate of drug-likeness (QED) is 0.813. The number of benzene rings is 1. The van der Waals surface area contributed by atoms with E-state index in [2.05, 4.69) is 9.80 Å². The van der Waals surface area contributed by atoms with E-state index in [-0.39, 0.29) is 11.6 Å². The summed E-state index contributed by atoms with van der Waals surface area (Å²) < 4.78 is 13.2. The van der Waals surface area contributed by atoms with Crippen LogP contribution in [-0.2, 0) is 17.8 Å². The lowest BCUT2D eigenvalue weighted by molar-refractivity contribution is -0.120. The molecule has 1 aliphatic heterocycles. The number of halogens is 1. The molecule has 0 atom stereocenters. The number of carbonyl (C=O) groups excluding carboxylic acids is 1. The number of piperazine rings is 1. The fourth-order valence-electron chi connectivity index (χ4n) is 2.93. The monoisotopic (exact) mass is 332 g/mol. The average Bonchev–Trinajstić information content (AvgIpc) is 3.02. The smallest absolute Gasteiger partial charge is 0.151 e. The molecule has 23 heavy (non-hydrogen) atoms. The molecule has 1 aliphatic rings. The van der Waals surface area contributed by atoms with Crippen LogP contribution in [0.5, 0.6) is 0 Å². The first kappa shape index (κ1) is 16.3. The first-order valence-corrected chi connectivity index (χ1v) is 8.85. The number of Topliss-reactive ketones (excluding diaryl/α,β-unsaturated/α-hetero) is 1. The van der Waals surface area contributed by atoms with Crippen LogP contribution in [0, 0.1) is 5.82 Å². The van der Waals surface area contributed by atoms with Gasteiger partial charge in [-0.1, -0.05) is 12.1 Å². The molecule has 0 N–H and O–H groups in total. The van der Waals surface area contributed by atoms with Gasteiger partial charge in [0.25, 0.3) is 0 Å². The molecular weight excluding hydrogens is 311 g/mol. The zero-order valence-corrected chi connectivity index (χ0v) is 13.9. The van der Waals surface area contributed by atoms with Gasteiger partial charge in [-0.3, -0.25) is 14.6 Å². The van der Waals surface area contributed by atoms with Gasteiger partial charge < -0.3 is 0 Å². The van der Waals surface area contributed by atoms with Crippen molar-refractivity contribution in [1.82, 2.24) is 9.80 Å². The van der Waals surface area contributed by atoms with Gasteiger partial charge in [0.1, 0.15) is 5.82 Å². The van der Waals surface area contributed by atoms with E-state index >= 15 is 0 Å². The molecule has 2 aromatic rings. The van der Waals surface area contributed by atoms with Gasteiger partial charge >= 0.3 is 0 Å². The number of ketones is 1. The molecule has 1 aromatic carbocycles. The van der Waals surface area contributed by atoms with Gasteiger partial charge in [-0.25, -0.2) is 4.39 Å². The molecule has 0 saturated carbocycles. The number of rotatable bonds is 6. The molecule has 1 fully saturated rings. The van der Waals surface area contributed by atoms with Gasteiger partial charge in [0.2, 0.25) is 0 Å². The third kappa shape index (κ3) is 4.96. The van der Waals surface area contributed by atoms with Crippen LogP contribution in [-0.4, -0.2) is 48.3 Å². The highest BCUT2D eigenvalue weighted by Gasteiger charge is 2.19. The summed E-state index contributed by atoms with van der Waals surface area (Å²) in [6, 6.07) is 8.79. The zero-order chi connectivity index (χ0) is 16.1. The van der Waals surface area contributed by atoms with Crippen molar-refractivity contribution in [2.75, 3.05) is 32.7 Å². The fraction of sp³-hybridized carbons (Fsp3) is 0.389. The van der Waals surface area contributed by atoms with E-state index in [1.54, 1.807) is 23.5 Å². The van der Waals surface area contributed by atoms with Crippen LogP contribution < -0.4 is 0 Å². The molecule has 3 rings (SSSR count). The number of thiophene rings is 1. The lowest BCUT2D eigenvalue weighted by Gasteiger charge is -2.34. The Balaban J connectivity index is 1.42. The molecule has 0 spiro atoms.